The van der Waals surface area contributed by atoms with Crippen LogP contribution in [0.25, 0.3) is 0 Å². The number of hydrogen-bond donors (Lipinski definition) is 2. The molecule has 0 aliphatic carbocycles. The van der Waals surface area contributed by atoms with Crippen LogP contribution in [0.1, 0.15) is 23.2 Å². The van der Waals surface area contributed by atoms with Crippen molar-refractivity contribution in [1.29, 1.82) is 0 Å². The number of nitrogens with one attached hydrogen (secondary N) is 2. The minimum Gasteiger partial charge on any atom is -0.495 e. The molecule has 0 radical (unpaired) electrons. The molecule has 154 valence electrons. The molecule has 0 aromatic heterocycles. The van der Waals surface area contributed by atoms with Crippen molar-refractivity contribution in [3.8, 4) is 11.5 Å². The number of halogens is 1. The van der Waals surface area contributed by atoms with E-state index in [9.17, 15) is 9.59 Å². The lowest BCUT2D eigenvalue weighted by atomic mass is 10.0. The van der Waals surface area contributed by atoms with E-state index in [0.29, 0.717) is 47.5 Å². The molecule has 7 nitrogen and oxygen atoms in total. The van der Waals surface area contributed by atoms with Gasteiger partial charge in [-0.15, -0.1) is 0 Å². The SMILES string of the molecule is COc1cc(C(=O)N2CCC(NC(=O)Nc3ccccc3)CC2)cc(OC)c1Br. The number of para-hydroxylation sites is 1. The van der Waals surface area contributed by atoms with Crippen molar-refractivity contribution in [2.45, 2.75) is 18.9 Å². The van der Waals surface area contributed by atoms with E-state index in [-0.39, 0.29) is 18.0 Å². The Hall–Kier alpha value is -2.74. The van der Waals surface area contributed by atoms with E-state index < -0.39 is 0 Å². The molecule has 0 atom stereocenters. The van der Waals surface area contributed by atoms with Crippen molar-refractivity contribution >= 4 is 33.6 Å². The van der Waals surface area contributed by atoms with Crippen molar-refractivity contribution in [2.24, 2.45) is 0 Å². The first-order valence-corrected chi connectivity index (χ1v) is 10.1. The normalized spacial score (nSPS) is 14.2. The number of likely N-dealkylation sites (tertiary alicyclic amines) is 1. The first-order chi connectivity index (χ1) is 14.0. The summed E-state index contributed by atoms with van der Waals surface area (Å²) in [5.41, 5.74) is 1.26. The molecule has 0 bridgehead atoms. The summed E-state index contributed by atoms with van der Waals surface area (Å²) in [5.74, 6) is 1.00. The monoisotopic (exact) mass is 461 g/mol. The number of ether oxygens (including phenoxy) is 2. The molecular weight excluding hydrogens is 438 g/mol. The van der Waals surface area contributed by atoms with Crippen LogP contribution in [0.2, 0.25) is 0 Å². The number of nitrogens with zero attached hydrogens (tertiary/aromatic N) is 1. The second-order valence-electron chi connectivity index (χ2n) is 6.73. The van der Waals surface area contributed by atoms with E-state index in [4.69, 9.17) is 9.47 Å². The molecule has 1 aliphatic rings. The molecule has 8 heteroatoms. The maximum absolute atomic E-state index is 12.9. The summed E-state index contributed by atoms with van der Waals surface area (Å²) in [6.07, 6.45) is 1.39. The number of amides is 3. The number of benzene rings is 2. The summed E-state index contributed by atoms with van der Waals surface area (Å²) in [5, 5.41) is 5.79. The first-order valence-electron chi connectivity index (χ1n) is 9.35. The van der Waals surface area contributed by atoms with Crippen LogP contribution in [0, 0.1) is 0 Å². The third-order valence-electron chi connectivity index (χ3n) is 4.84. The van der Waals surface area contributed by atoms with Gasteiger partial charge >= 0.3 is 6.03 Å². The highest BCUT2D eigenvalue weighted by Crippen LogP contribution is 2.36. The summed E-state index contributed by atoms with van der Waals surface area (Å²) in [6.45, 7) is 1.13. The smallest absolute Gasteiger partial charge is 0.319 e. The molecule has 1 heterocycles. The molecule has 1 aliphatic heterocycles. The summed E-state index contributed by atoms with van der Waals surface area (Å²) in [4.78, 5) is 26.9. The van der Waals surface area contributed by atoms with E-state index in [1.165, 1.54) is 0 Å². The average molecular weight is 462 g/mol. The Balaban J connectivity index is 1.56. The molecule has 0 unspecified atom stereocenters. The Morgan fingerprint density at radius 3 is 2.17 bits per heavy atom. The first kappa shape index (κ1) is 21.0. The van der Waals surface area contributed by atoms with Crippen LogP contribution in [0.3, 0.4) is 0 Å². The van der Waals surface area contributed by atoms with Gasteiger partial charge in [0, 0.05) is 30.4 Å². The largest absolute Gasteiger partial charge is 0.495 e. The van der Waals surface area contributed by atoms with Gasteiger partial charge in [0.25, 0.3) is 5.91 Å². The Labute approximate surface area is 178 Å². The Morgan fingerprint density at radius 2 is 1.62 bits per heavy atom. The van der Waals surface area contributed by atoms with Gasteiger partial charge in [-0.2, -0.15) is 0 Å². The zero-order valence-corrected chi connectivity index (χ0v) is 18.0. The highest BCUT2D eigenvalue weighted by Gasteiger charge is 2.26. The number of rotatable bonds is 5. The van der Waals surface area contributed by atoms with Gasteiger partial charge < -0.3 is 25.0 Å². The number of carbonyl (C=O) groups excluding carboxylic acids is 2. The van der Waals surface area contributed by atoms with Gasteiger partial charge in [0.1, 0.15) is 16.0 Å². The lowest BCUT2D eigenvalue weighted by molar-refractivity contribution is 0.0708. The summed E-state index contributed by atoms with van der Waals surface area (Å²) >= 11 is 3.41. The van der Waals surface area contributed by atoms with Crippen LogP contribution in [0.4, 0.5) is 10.5 Å². The van der Waals surface area contributed by atoms with Crippen molar-refractivity contribution in [2.75, 3.05) is 32.6 Å². The lowest BCUT2D eigenvalue weighted by Gasteiger charge is -2.32. The topological polar surface area (TPSA) is 79.9 Å². The Bertz CT molecular complexity index is 842. The number of carbonyl (C=O) groups is 2. The van der Waals surface area contributed by atoms with Crippen LogP contribution in [-0.4, -0.2) is 50.2 Å². The molecule has 0 spiro atoms. The van der Waals surface area contributed by atoms with E-state index in [2.05, 4.69) is 26.6 Å². The maximum Gasteiger partial charge on any atom is 0.319 e. The molecular formula is C21H24BrN3O4. The van der Waals surface area contributed by atoms with Crippen LogP contribution in [0.5, 0.6) is 11.5 Å². The van der Waals surface area contributed by atoms with Gasteiger partial charge in [-0.1, -0.05) is 18.2 Å². The van der Waals surface area contributed by atoms with E-state index in [0.717, 1.165) is 5.69 Å². The molecule has 2 aromatic rings. The van der Waals surface area contributed by atoms with Crippen LogP contribution < -0.4 is 20.1 Å². The number of urea groups is 1. The fraction of sp³-hybridized carbons (Fsp3) is 0.333. The second-order valence-corrected chi connectivity index (χ2v) is 7.52. The van der Waals surface area contributed by atoms with Gasteiger partial charge in [-0.05, 0) is 53.0 Å². The third-order valence-corrected chi connectivity index (χ3v) is 5.62. The van der Waals surface area contributed by atoms with Crippen LogP contribution in [0.15, 0.2) is 46.9 Å². The Morgan fingerprint density at radius 1 is 1.03 bits per heavy atom. The van der Waals surface area contributed by atoms with Crippen molar-refractivity contribution in [3.63, 3.8) is 0 Å². The molecule has 29 heavy (non-hydrogen) atoms. The molecule has 1 saturated heterocycles. The predicted octanol–water partition coefficient (Wildman–Crippen LogP) is 3.89. The lowest BCUT2D eigenvalue weighted by Crippen LogP contribution is -2.47. The summed E-state index contributed by atoms with van der Waals surface area (Å²) in [6, 6.07) is 12.5. The van der Waals surface area contributed by atoms with Gasteiger partial charge in [-0.3, -0.25) is 4.79 Å². The van der Waals surface area contributed by atoms with Crippen molar-refractivity contribution in [1.82, 2.24) is 10.2 Å². The molecule has 3 amide bonds. The number of hydrogen-bond acceptors (Lipinski definition) is 4. The highest BCUT2D eigenvalue weighted by atomic mass is 79.9. The Kier molecular flexibility index (Phi) is 6.98. The standard InChI is InChI=1S/C21H24BrN3O4/c1-28-17-12-14(13-18(29-2)19(17)22)20(26)25-10-8-16(9-11-25)24-21(27)23-15-6-4-3-5-7-15/h3-7,12-13,16H,8-11H2,1-2H3,(H2,23,24,27). The van der Waals surface area contributed by atoms with Crippen molar-refractivity contribution in [3.05, 3.63) is 52.5 Å². The van der Waals surface area contributed by atoms with Gasteiger partial charge in [-0.25, -0.2) is 4.79 Å². The predicted molar refractivity (Wildman–Crippen MR) is 115 cm³/mol. The van der Waals surface area contributed by atoms with Crippen LogP contribution in [-0.2, 0) is 0 Å². The van der Waals surface area contributed by atoms with Gasteiger partial charge in [0.05, 0.1) is 14.2 Å². The minimum atomic E-state index is -0.233. The number of anilines is 1. The average Bonchev–Trinajstić information content (AvgIpc) is 2.74. The zero-order chi connectivity index (χ0) is 20.8. The molecule has 2 N–H and O–H groups in total. The molecule has 0 saturated carbocycles. The van der Waals surface area contributed by atoms with Crippen molar-refractivity contribution < 1.29 is 19.1 Å². The molecule has 2 aromatic carbocycles. The maximum atomic E-state index is 12.9. The second kappa shape index (κ2) is 9.65. The molecule has 1 fully saturated rings. The van der Waals surface area contributed by atoms with Gasteiger partial charge in [0.15, 0.2) is 0 Å². The third kappa shape index (κ3) is 5.20. The number of methoxy groups -OCH3 is 2. The summed E-state index contributed by atoms with van der Waals surface area (Å²) < 4.78 is 11.3. The fourth-order valence-corrected chi connectivity index (χ4v) is 3.83. The van der Waals surface area contributed by atoms with Crippen LogP contribution >= 0.6 is 15.9 Å². The zero-order valence-electron chi connectivity index (χ0n) is 16.4. The summed E-state index contributed by atoms with van der Waals surface area (Å²) in [7, 11) is 3.09. The van der Waals surface area contributed by atoms with E-state index >= 15 is 0 Å². The van der Waals surface area contributed by atoms with Gasteiger partial charge in [0.2, 0.25) is 0 Å². The minimum absolute atomic E-state index is 0.0248. The number of piperidine rings is 1. The van der Waals surface area contributed by atoms with E-state index in [1.807, 2.05) is 30.3 Å². The highest BCUT2D eigenvalue weighted by molar-refractivity contribution is 9.10. The fourth-order valence-electron chi connectivity index (χ4n) is 3.28. The van der Waals surface area contributed by atoms with E-state index in [1.54, 1.807) is 31.3 Å². The molecule has 3 rings (SSSR count). The quantitative estimate of drug-likeness (QED) is 0.707.